The van der Waals surface area contributed by atoms with Gasteiger partial charge in [0.15, 0.2) is 0 Å². The number of rotatable bonds is 6. The van der Waals surface area contributed by atoms with Gasteiger partial charge in [0.25, 0.3) is 0 Å². The molecule has 0 aliphatic carbocycles. The fraction of sp³-hybridized carbons (Fsp3) is 0.385. The average Bonchev–Trinajstić information content (AvgIpc) is 2.47. The van der Waals surface area contributed by atoms with Crippen molar-refractivity contribution in [2.45, 2.75) is 18.2 Å². The molecular weight excluding hydrogens is 280 g/mol. The summed E-state index contributed by atoms with van der Waals surface area (Å²) in [6.07, 6.45) is 0.0907. The predicted molar refractivity (Wildman–Crippen MR) is 72.4 cm³/mol. The van der Waals surface area contributed by atoms with Gasteiger partial charge >= 0.3 is 5.97 Å². The van der Waals surface area contributed by atoms with E-state index in [0.29, 0.717) is 0 Å². The van der Waals surface area contributed by atoms with Crippen molar-refractivity contribution in [3.05, 3.63) is 29.8 Å². The normalized spacial score (nSPS) is 11.1. The summed E-state index contributed by atoms with van der Waals surface area (Å²) in [5.41, 5.74) is -0.00888. The monoisotopic (exact) mass is 296 g/mol. The molecule has 0 aliphatic heterocycles. The summed E-state index contributed by atoms with van der Waals surface area (Å²) in [4.78, 5) is 11.5. The molecule has 1 aromatic carbocycles. The van der Waals surface area contributed by atoms with Crippen molar-refractivity contribution < 1.29 is 17.9 Å². The molecule has 20 heavy (non-hydrogen) atoms. The van der Waals surface area contributed by atoms with E-state index >= 15 is 0 Å². The molecule has 0 radical (unpaired) electrons. The Morgan fingerprint density at radius 2 is 2.05 bits per heavy atom. The first-order valence-corrected chi connectivity index (χ1v) is 7.47. The van der Waals surface area contributed by atoms with E-state index in [2.05, 4.69) is 4.74 Å². The Hall–Kier alpha value is -1.91. The number of sulfonamides is 1. The molecule has 1 rings (SSSR count). The van der Waals surface area contributed by atoms with E-state index in [-0.39, 0.29) is 30.0 Å². The first-order chi connectivity index (χ1) is 9.48. The van der Waals surface area contributed by atoms with Crippen LogP contribution in [0, 0.1) is 11.3 Å². The highest BCUT2D eigenvalue weighted by Crippen LogP contribution is 2.21. The van der Waals surface area contributed by atoms with Crippen LogP contribution in [0.5, 0.6) is 0 Å². The Morgan fingerprint density at radius 1 is 1.40 bits per heavy atom. The number of nitriles is 1. The highest BCUT2D eigenvalue weighted by Gasteiger charge is 2.27. The van der Waals surface area contributed by atoms with Gasteiger partial charge in [-0.3, -0.25) is 0 Å². The number of esters is 1. The third-order valence-electron chi connectivity index (χ3n) is 2.74. The Morgan fingerprint density at radius 3 is 2.60 bits per heavy atom. The SMILES string of the molecule is CCN(CCC#N)S(=O)(=O)c1ccccc1C(=O)OC. The summed E-state index contributed by atoms with van der Waals surface area (Å²) >= 11 is 0. The zero-order valence-corrected chi connectivity index (χ0v) is 12.2. The van der Waals surface area contributed by atoms with Crippen LogP contribution in [0.2, 0.25) is 0 Å². The van der Waals surface area contributed by atoms with Crippen LogP contribution in [0.25, 0.3) is 0 Å². The van der Waals surface area contributed by atoms with Gasteiger partial charge in [-0.05, 0) is 12.1 Å². The van der Waals surface area contributed by atoms with Crippen molar-refractivity contribution >= 4 is 16.0 Å². The van der Waals surface area contributed by atoms with E-state index in [1.807, 2.05) is 6.07 Å². The molecule has 0 heterocycles. The second-order valence-corrected chi connectivity index (χ2v) is 5.80. The van der Waals surface area contributed by atoms with Crippen LogP contribution < -0.4 is 0 Å². The Kier molecular flexibility index (Phi) is 5.67. The Balaban J connectivity index is 3.28. The molecule has 0 bridgehead atoms. The number of carbonyl (C=O) groups excluding carboxylic acids is 1. The maximum atomic E-state index is 12.5. The lowest BCUT2D eigenvalue weighted by molar-refractivity contribution is 0.0596. The van der Waals surface area contributed by atoms with Crippen molar-refractivity contribution in [1.82, 2.24) is 4.31 Å². The first kappa shape index (κ1) is 16.1. The number of benzene rings is 1. The van der Waals surface area contributed by atoms with E-state index in [4.69, 9.17) is 5.26 Å². The average molecular weight is 296 g/mol. The molecule has 1 aromatic rings. The van der Waals surface area contributed by atoms with Gasteiger partial charge in [0.05, 0.1) is 23.6 Å². The highest BCUT2D eigenvalue weighted by molar-refractivity contribution is 7.89. The Labute approximate surface area is 118 Å². The van der Waals surface area contributed by atoms with Crippen LogP contribution in [0.3, 0.4) is 0 Å². The smallest absolute Gasteiger partial charge is 0.339 e. The van der Waals surface area contributed by atoms with Gasteiger partial charge in [0.1, 0.15) is 0 Å². The number of carbonyl (C=O) groups is 1. The number of methoxy groups -OCH3 is 1. The van der Waals surface area contributed by atoms with Crippen LogP contribution in [0.4, 0.5) is 0 Å². The molecule has 0 amide bonds. The summed E-state index contributed by atoms with van der Waals surface area (Å²) in [5.74, 6) is -0.708. The van der Waals surface area contributed by atoms with Crippen LogP contribution >= 0.6 is 0 Å². The van der Waals surface area contributed by atoms with E-state index in [1.54, 1.807) is 13.0 Å². The molecule has 0 saturated heterocycles. The Bertz CT molecular complexity index is 620. The summed E-state index contributed by atoms with van der Waals surface area (Å²) < 4.78 is 30.8. The highest BCUT2D eigenvalue weighted by atomic mass is 32.2. The lowest BCUT2D eigenvalue weighted by Crippen LogP contribution is -2.32. The van der Waals surface area contributed by atoms with Crippen LogP contribution in [-0.4, -0.2) is 38.9 Å². The maximum absolute atomic E-state index is 12.5. The predicted octanol–water partition coefficient (Wildman–Crippen LogP) is 1.40. The van der Waals surface area contributed by atoms with Gasteiger partial charge < -0.3 is 4.74 Å². The summed E-state index contributed by atoms with van der Waals surface area (Å²) in [5, 5.41) is 8.58. The lowest BCUT2D eigenvalue weighted by atomic mass is 10.2. The first-order valence-electron chi connectivity index (χ1n) is 6.03. The van der Waals surface area contributed by atoms with Crippen LogP contribution in [0.15, 0.2) is 29.2 Å². The molecule has 0 saturated carbocycles. The van der Waals surface area contributed by atoms with Gasteiger partial charge in [0, 0.05) is 19.5 Å². The zero-order valence-electron chi connectivity index (χ0n) is 11.4. The molecule has 108 valence electrons. The zero-order chi connectivity index (χ0) is 15.2. The fourth-order valence-electron chi connectivity index (χ4n) is 1.73. The standard InChI is InChI=1S/C13H16N2O4S/c1-3-15(10-6-9-14)20(17,18)12-8-5-4-7-11(12)13(16)19-2/h4-5,7-8H,3,6,10H2,1-2H3. The van der Waals surface area contributed by atoms with Crippen LogP contribution in [0.1, 0.15) is 23.7 Å². The van der Waals surface area contributed by atoms with Crippen molar-refractivity contribution in [2.24, 2.45) is 0 Å². The largest absolute Gasteiger partial charge is 0.465 e. The summed E-state index contributed by atoms with van der Waals surface area (Å²) in [6, 6.07) is 7.77. The second-order valence-electron chi connectivity index (χ2n) is 3.89. The number of nitrogens with zero attached hydrogens (tertiary/aromatic N) is 2. The van der Waals surface area contributed by atoms with Crippen molar-refractivity contribution in [2.75, 3.05) is 20.2 Å². The third kappa shape index (κ3) is 3.35. The maximum Gasteiger partial charge on any atom is 0.339 e. The molecule has 0 spiro atoms. The van der Waals surface area contributed by atoms with Crippen molar-refractivity contribution in [3.8, 4) is 6.07 Å². The minimum Gasteiger partial charge on any atom is -0.465 e. The minimum absolute atomic E-state index is 0.00888. The molecule has 0 atom stereocenters. The number of hydrogen-bond acceptors (Lipinski definition) is 5. The quantitative estimate of drug-likeness (QED) is 0.740. The second kappa shape index (κ2) is 7.03. The topological polar surface area (TPSA) is 87.5 Å². The minimum atomic E-state index is -3.83. The molecule has 7 heteroatoms. The van der Waals surface area contributed by atoms with E-state index in [9.17, 15) is 13.2 Å². The van der Waals surface area contributed by atoms with Gasteiger partial charge in [-0.2, -0.15) is 9.57 Å². The van der Waals surface area contributed by atoms with Gasteiger partial charge in [-0.25, -0.2) is 13.2 Å². The molecule has 6 nitrogen and oxygen atoms in total. The van der Waals surface area contributed by atoms with Crippen LogP contribution in [-0.2, 0) is 14.8 Å². The molecule has 0 aliphatic rings. The van der Waals surface area contributed by atoms with E-state index in [0.717, 1.165) is 4.31 Å². The molecular formula is C13H16N2O4S. The molecule has 0 unspecified atom stereocenters. The van der Waals surface area contributed by atoms with Gasteiger partial charge in [0.2, 0.25) is 10.0 Å². The van der Waals surface area contributed by atoms with Gasteiger partial charge in [-0.1, -0.05) is 19.1 Å². The number of ether oxygens (including phenoxy) is 1. The van der Waals surface area contributed by atoms with Crippen molar-refractivity contribution in [1.29, 1.82) is 5.26 Å². The number of hydrogen-bond donors (Lipinski definition) is 0. The molecule has 0 N–H and O–H groups in total. The summed E-state index contributed by atoms with van der Waals surface area (Å²) in [6.45, 7) is 1.99. The third-order valence-corrected chi connectivity index (χ3v) is 4.77. The van der Waals surface area contributed by atoms with E-state index in [1.165, 1.54) is 25.3 Å². The van der Waals surface area contributed by atoms with Gasteiger partial charge in [-0.15, -0.1) is 0 Å². The fourth-order valence-corrected chi connectivity index (χ4v) is 3.36. The summed E-state index contributed by atoms with van der Waals surface area (Å²) in [7, 11) is -2.63. The van der Waals surface area contributed by atoms with E-state index < -0.39 is 16.0 Å². The molecule has 0 fully saturated rings. The van der Waals surface area contributed by atoms with Crippen molar-refractivity contribution in [3.63, 3.8) is 0 Å². The molecule has 0 aromatic heterocycles. The lowest BCUT2D eigenvalue weighted by Gasteiger charge is -2.20.